The fraction of sp³-hybridized carbons (Fsp3) is 0.400. The highest BCUT2D eigenvalue weighted by molar-refractivity contribution is 14.0. The van der Waals surface area contributed by atoms with E-state index in [0.717, 1.165) is 23.8 Å². The highest BCUT2D eigenvalue weighted by Crippen LogP contribution is 2.13. The monoisotopic (exact) mass is 389 g/mol. The lowest BCUT2D eigenvalue weighted by Crippen LogP contribution is -2.37. The number of hydrogen-bond donors (Lipinski definition) is 2. The number of nitrogens with zero attached hydrogens (tertiary/aromatic N) is 1. The van der Waals surface area contributed by atoms with Crippen molar-refractivity contribution in [3.8, 4) is 5.75 Å². The SMILES string of the molecule is C=CCNC(=NCc1cccc(OCC)c1)NCC.I. The van der Waals surface area contributed by atoms with Crippen LogP contribution < -0.4 is 15.4 Å². The predicted octanol–water partition coefficient (Wildman–Crippen LogP) is 2.94. The minimum absolute atomic E-state index is 0. The summed E-state index contributed by atoms with van der Waals surface area (Å²) in [5.41, 5.74) is 1.13. The molecule has 0 aliphatic carbocycles. The first-order valence-corrected chi connectivity index (χ1v) is 6.65. The van der Waals surface area contributed by atoms with E-state index in [1.54, 1.807) is 0 Å². The number of guanidine groups is 1. The smallest absolute Gasteiger partial charge is 0.191 e. The van der Waals surface area contributed by atoms with Crippen LogP contribution in [0.25, 0.3) is 0 Å². The van der Waals surface area contributed by atoms with Gasteiger partial charge in [0.25, 0.3) is 0 Å². The lowest BCUT2D eigenvalue weighted by Gasteiger charge is -2.09. The van der Waals surface area contributed by atoms with Gasteiger partial charge in [-0.2, -0.15) is 0 Å². The van der Waals surface area contributed by atoms with Crippen LogP contribution in [0.2, 0.25) is 0 Å². The van der Waals surface area contributed by atoms with Crippen molar-refractivity contribution >= 4 is 29.9 Å². The van der Waals surface area contributed by atoms with Crippen LogP contribution in [0.15, 0.2) is 41.9 Å². The third kappa shape index (κ3) is 7.37. The summed E-state index contributed by atoms with van der Waals surface area (Å²) in [5.74, 6) is 1.68. The average Bonchev–Trinajstić information content (AvgIpc) is 2.43. The summed E-state index contributed by atoms with van der Waals surface area (Å²) >= 11 is 0. The van der Waals surface area contributed by atoms with Crippen molar-refractivity contribution in [2.45, 2.75) is 20.4 Å². The molecular weight excluding hydrogens is 365 g/mol. The summed E-state index contributed by atoms with van der Waals surface area (Å²) in [4.78, 5) is 4.51. The summed E-state index contributed by atoms with van der Waals surface area (Å²) in [5, 5.41) is 6.36. The van der Waals surface area contributed by atoms with Crippen molar-refractivity contribution in [1.82, 2.24) is 10.6 Å². The molecule has 1 rings (SSSR count). The Labute approximate surface area is 138 Å². The molecule has 20 heavy (non-hydrogen) atoms. The molecule has 0 aliphatic heterocycles. The number of nitrogens with one attached hydrogen (secondary N) is 2. The lowest BCUT2D eigenvalue weighted by atomic mass is 10.2. The number of benzene rings is 1. The van der Waals surface area contributed by atoms with Gasteiger partial charge < -0.3 is 15.4 Å². The molecule has 112 valence electrons. The molecule has 0 saturated heterocycles. The van der Waals surface area contributed by atoms with Gasteiger partial charge in [-0.05, 0) is 31.5 Å². The summed E-state index contributed by atoms with van der Waals surface area (Å²) in [7, 11) is 0. The molecule has 0 aromatic heterocycles. The fourth-order valence-electron chi connectivity index (χ4n) is 1.58. The number of hydrogen-bond acceptors (Lipinski definition) is 2. The molecular formula is C15H24IN3O. The lowest BCUT2D eigenvalue weighted by molar-refractivity contribution is 0.340. The minimum atomic E-state index is 0. The van der Waals surface area contributed by atoms with Crippen molar-refractivity contribution in [2.75, 3.05) is 19.7 Å². The van der Waals surface area contributed by atoms with E-state index in [9.17, 15) is 0 Å². The molecule has 0 aliphatic rings. The van der Waals surface area contributed by atoms with Crippen molar-refractivity contribution in [1.29, 1.82) is 0 Å². The second-order valence-electron chi connectivity index (χ2n) is 3.95. The number of aliphatic imine (C=N–C) groups is 1. The standard InChI is InChI=1S/C15H23N3O.HI/c1-4-10-17-15(16-5-2)18-12-13-8-7-9-14(11-13)19-6-3;/h4,7-9,11H,1,5-6,10,12H2,2-3H3,(H2,16,17,18);1H. The van der Waals surface area contributed by atoms with Crippen LogP contribution in [0.5, 0.6) is 5.75 Å². The third-order valence-electron chi connectivity index (χ3n) is 2.39. The Kier molecular flexibility index (Phi) is 10.9. The molecule has 0 fully saturated rings. The highest BCUT2D eigenvalue weighted by atomic mass is 127. The van der Waals surface area contributed by atoms with E-state index >= 15 is 0 Å². The number of rotatable bonds is 7. The van der Waals surface area contributed by atoms with E-state index < -0.39 is 0 Å². The quantitative estimate of drug-likeness (QED) is 0.326. The van der Waals surface area contributed by atoms with Crippen LogP contribution in [0.3, 0.4) is 0 Å². The first-order valence-electron chi connectivity index (χ1n) is 6.65. The first kappa shape index (κ1) is 18.8. The Morgan fingerprint density at radius 3 is 2.80 bits per heavy atom. The average molecular weight is 389 g/mol. The van der Waals surface area contributed by atoms with Crippen LogP contribution in [-0.4, -0.2) is 25.7 Å². The molecule has 0 unspecified atom stereocenters. The zero-order valence-electron chi connectivity index (χ0n) is 12.2. The van der Waals surface area contributed by atoms with Crippen LogP contribution in [0.4, 0.5) is 0 Å². The number of halogens is 1. The van der Waals surface area contributed by atoms with Crippen molar-refractivity contribution in [3.63, 3.8) is 0 Å². The molecule has 0 radical (unpaired) electrons. The molecule has 0 heterocycles. The molecule has 4 nitrogen and oxygen atoms in total. The molecule has 1 aromatic rings. The topological polar surface area (TPSA) is 45.7 Å². The summed E-state index contributed by atoms with van der Waals surface area (Å²) in [6.07, 6.45) is 1.81. The van der Waals surface area contributed by atoms with Crippen LogP contribution in [0, 0.1) is 0 Å². The fourth-order valence-corrected chi connectivity index (χ4v) is 1.58. The van der Waals surface area contributed by atoms with Crippen molar-refractivity contribution in [3.05, 3.63) is 42.5 Å². The van der Waals surface area contributed by atoms with E-state index in [2.05, 4.69) is 22.2 Å². The van der Waals surface area contributed by atoms with E-state index in [0.29, 0.717) is 19.7 Å². The van der Waals surface area contributed by atoms with Crippen molar-refractivity contribution in [2.24, 2.45) is 4.99 Å². The summed E-state index contributed by atoms with van der Waals surface area (Å²) < 4.78 is 5.47. The predicted molar refractivity (Wildman–Crippen MR) is 96.0 cm³/mol. The van der Waals surface area contributed by atoms with Crippen LogP contribution in [-0.2, 0) is 6.54 Å². The van der Waals surface area contributed by atoms with Crippen LogP contribution >= 0.6 is 24.0 Å². The maximum Gasteiger partial charge on any atom is 0.191 e. The zero-order valence-corrected chi connectivity index (χ0v) is 14.5. The maximum atomic E-state index is 5.47. The van der Waals surface area contributed by atoms with E-state index in [1.165, 1.54) is 0 Å². The van der Waals surface area contributed by atoms with Crippen molar-refractivity contribution < 1.29 is 4.74 Å². The summed E-state index contributed by atoms with van der Waals surface area (Å²) in [6.45, 7) is 10.5. The van der Waals surface area contributed by atoms with Gasteiger partial charge in [0.15, 0.2) is 5.96 Å². The second-order valence-corrected chi connectivity index (χ2v) is 3.95. The molecule has 1 aromatic carbocycles. The Hall–Kier alpha value is -1.24. The van der Waals surface area contributed by atoms with Crippen LogP contribution in [0.1, 0.15) is 19.4 Å². The minimum Gasteiger partial charge on any atom is -0.494 e. The molecule has 0 saturated carbocycles. The first-order chi connectivity index (χ1) is 9.30. The summed E-state index contributed by atoms with van der Waals surface area (Å²) in [6, 6.07) is 8.00. The van der Waals surface area contributed by atoms with Gasteiger partial charge in [0.1, 0.15) is 5.75 Å². The van der Waals surface area contributed by atoms with Gasteiger partial charge in [-0.3, -0.25) is 0 Å². The van der Waals surface area contributed by atoms with E-state index in [-0.39, 0.29) is 24.0 Å². The van der Waals surface area contributed by atoms with Gasteiger partial charge in [-0.15, -0.1) is 30.6 Å². The third-order valence-corrected chi connectivity index (χ3v) is 2.39. The molecule has 0 spiro atoms. The van der Waals surface area contributed by atoms with Gasteiger partial charge in [-0.25, -0.2) is 4.99 Å². The van der Waals surface area contributed by atoms with E-state index in [4.69, 9.17) is 4.74 Å². The second kappa shape index (κ2) is 11.6. The normalized spacial score (nSPS) is 10.4. The molecule has 0 bridgehead atoms. The van der Waals surface area contributed by atoms with Gasteiger partial charge in [0.2, 0.25) is 0 Å². The van der Waals surface area contributed by atoms with E-state index in [1.807, 2.05) is 44.2 Å². The van der Waals surface area contributed by atoms with Gasteiger partial charge in [0.05, 0.1) is 13.2 Å². The molecule has 0 amide bonds. The Morgan fingerprint density at radius 2 is 2.15 bits per heavy atom. The maximum absolute atomic E-state index is 5.47. The Balaban J connectivity index is 0.00000361. The largest absolute Gasteiger partial charge is 0.494 e. The Morgan fingerprint density at radius 1 is 1.35 bits per heavy atom. The van der Waals surface area contributed by atoms with Gasteiger partial charge >= 0.3 is 0 Å². The highest BCUT2D eigenvalue weighted by Gasteiger charge is 1.98. The number of ether oxygens (including phenoxy) is 1. The Bertz CT molecular complexity index is 421. The van der Waals surface area contributed by atoms with Gasteiger partial charge in [0, 0.05) is 13.1 Å². The molecule has 5 heteroatoms. The van der Waals surface area contributed by atoms with Gasteiger partial charge in [-0.1, -0.05) is 18.2 Å². The zero-order chi connectivity index (χ0) is 13.9. The molecule has 2 N–H and O–H groups in total. The molecule has 0 atom stereocenters.